The maximum absolute atomic E-state index is 11.7. The van der Waals surface area contributed by atoms with Crippen LogP contribution in [-0.4, -0.2) is 18.1 Å². The number of benzene rings is 1. The van der Waals surface area contributed by atoms with E-state index in [1.165, 1.54) is 0 Å². The lowest BCUT2D eigenvalue weighted by molar-refractivity contribution is 0.101. The van der Waals surface area contributed by atoms with E-state index in [0.29, 0.717) is 12.4 Å². The number of carbonyl (C=O) groups excluding carboxylic acids is 1. The van der Waals surface area contributed by atoms with Crippen LogP contribution in [0.3, 0.4) is 0 Å². The number of ketones is 1. The zero-order valence-corrected chi connectivity index (χ0v) is 8.97. The van der Waals surface area contributed by atoms with Crippen molar-refractivity contribution >= 4 is 23.6 Å². The van der Waals surface area contributed by atoms with Crippen molar-refractivity contribution in [2.24, 2.45) is 0 Å². The first-order chi connectivity index (χ1) is 7.36. The summed E-state index contributed by atoms with van der Waals surface area (Å²) < 4.78 is 5.67. The third kappa shape index (κ3) is 1.38. The first-order valence-corrected chi connectivity index (χ1v) is 5.97. The molecule has 2 aliphatic rings. The van der Waals surface area contributed by atoms with E-state index < -0.39 is 0 Å². The Balaban J connectivity index is 2.23. The minimum absolute atomic E-state index is 0.196. The van der Waals surface area contributed by atoms with Crippen molar-refractivity contribution in [3.8, 4) is 5.75 Å². The summed E-state index contributed by atoms with van der Waals surface area (Å²) in [5, 5.41) is 0. The Bertz CT molecular complexity index is 463. The lowest BCUT2D eigenvalue weighted by Gasteiger charge is -2.10. The van der Waals surface area contributed by atoms with E-state index in [9.17, 15) is 4.79 Å². The van der Waals surface area contributed by atoms with Crippen LogP contribution in [0.1, 0.15) is 22.3 Å². The fourth-order valence-corrected chi connectivity index (χ4v) is 2.85. The van der Waals surface area contributed by atoms with E-state index in [1.54, 1.807) is 11.8 Å². The van der Waals surface area contributed by atoms with Gasteiger partial charge in [-0.1, -0.05) is 18.2 Å². The molecule has 76 valence electrons. The molecule has 0 N–H and O–H groups in total. The minimum atomic E-state index is 0.196. The van der Waals surface area contributed by atoms with Crippen LogP contribution >= 0.6 is 11.8 Å². The van der Waals surface area contributed by atoms with Crippen LogP contribution in [0.4, 0.5) is 0 Å². The van der Waals surface area contributed by atoms with Gasteiger partial charge in [-0.05, 0) is 12.5 Å². The number of hydrogen-bond donors (Lipinski definition) is 0. The number of rotatable bonds is 0. The monoisotopic (exact) mass is 218 g/mol. The number of fused-ring (bicyclic) bond motifs is 3. The fourth-order valence-electron chi connectivity index (χ4n) is 1.91. The Morgan fingerprint density at radius 1 is 1.33 bits per heavy atom. The molecule has 3 heteroatoms. The maximum atomic E-state index is 11.7. The lowest BCUT2D eigenvalue weighted by Crippen LogP contribution is -2.03. The number of Topliss-reactive ketones (excluding diaryl/α,β-unsaturated/α-hetero) is 1. The van der Waals surface area contributed by atoms with Crippen LogP contribution < -0.4 is 4.74 Å². The molecule has 1 aromatic rings. The van der Waals surface area contributed by atoms with Crippen LogP contribution in [0.25, 0.3) is 6.08 Å². The minimum Gasteiger partial charge on any atom is -0.492 e. The maximum Gasteiger partial charge on any atom is 0.177 e. The van der Waals surface area contributed by atoms with Crippen LogP contribution in [0.5, 0.6) is 5.75 Å². The zero-order valence-electron chi connectivity index (χ0n) is 8.16. The second-order valence-electron chi connectivity index (χ2n) is 3.61. The molecule has 0 amide bonds. The molecule has 1 aromatic carbocycles. The average Bonchev–Trinajstić information content (AvgIpc) is 2.51. The number of hydrogen-bond acceptors (Lipinski definition) is 3. The third-order valence-electron chi connectivity index (χ3n) is 2.62. The standard InChI is InChI=1S/C12H10O2S/c13-9-7-15-10-5-4-8-3-1-2-6-14-12(8)11(9)10/h1,3-5H,2,6-7H2. The van der Waals surface area contributed by atoms with Gasteiger partial charge in [0.05, 0.1) is 17.9 Å². The summed E-state index contributed by atoms with van der Waals surface area (Å²) >= 11 is 1.60. The van der Waals surface area contributed by atoms with Gasteiger partial charge < -0.3 is 4.74 Å². The van der Waals surface area contributed by atoms with Crippen molar-refractivity contribution in [3.05, 3.63) is 29.3 Å². The molecule has 2 nitrogen and oxygen atoms in total. The van der Waals surface area contributed by atoms with Gasteiger partial charge >= 0.3 is 0 Å². The highest BCUT2D eigenvalue weighted by molar-refractivity contribution is 8.00. The Morgan fingerprint density at radius 3 is 3.20 bits per heavy atom. The summed E-state index contributed by atoms with van der Waals surface area (Å²) in [7, 11) is 0. The first kappa shape index (κ1) is 9.04. The second-order valence-corrected chi connectivity index (χ2v) is 4.63. The van der Waals surface area contributed by atoms with E-state index in [0.717, 1.165) is 28.2 Å². The van der Waals surface area contributed by atoms with Gasteiger partial charge in [0.15, 0.2) is 5.78 Å². The van der Waals surface area contributed by atoms with Gasteiger partial charge in [0, 0.05) is 10.5 Å². The number of carbonyl (C=O) groups is 1. The molecular weight excluding hydrogens is 208 g/mol. The molecule has 0 fully saturated rings. The van der Waals surface area contributed by atoms with E-state index in [4.69, 9.17) is 4.74 Å². The number of thioether (sulfide) groups is 1. The van der Waals surface area contributed by atoms with Crippen molar-refractivity contribution < 1.29 is 9.53 Å². The average molecular weight is 218 g/mol. The van der Waals surface area contributed by atoms with E-state index in [2.05, 4.69) is 6.08 Å². The van der Waals surface area contributed by atoms with Crippen LogP contribution in [-0.2, 0) is 0 Å². The van der Waals surface area contributed by atoms with Gasteiger partial charge in [0.2, 0.25) is 0 Å². The van der Waals surface area contributed by atoms with Gasteiger partial charge in [-0.2, -0.15) is 0 Å². The summed E-state index contributed by atoms with van der Waals surface area (Å²) in [5.74, 6) is 1.54. The predicted octanol–water partition coefficient (Wildman–Crippen LogP) is 2.77. The molecule has 0 saturated heterocycles. The van der Waals surface area contributed by atoms with Crippen LogP contribution in [0, 0.1) is 0 Å². The van der Waals surface area contributed by atoms with Gasteiger partial charge in [0.25, 0.3) is 0 Å². The largest absolute Gasteiger partial charge is 0.492 e. The summed E-state index contributed by atoms with van der Waals surface area (Å²) in [6, 6.07) is 4.05. The van der Waals surface area contributed by atoms with Gasteiger partial charge in [0.1, 0.15) is 5.75 Å². The Labute approximate surface area is 92.3 Å². The van der Waals surface area contributed by atoms with Gasteiger partial charge in [-0.3, -0.25) is 4.79 Å². The molecule has 15 heavy (non-hydrogen) atoms. The van der Waals surface area contributed by atoms with E-state index in [-0.39, 0.29) is 5.78 Å². The van der Waals surface area contributed by atoms with Gasteiger partial charge in [-0.25, -0.2) is 0 Å². The molecule has 0 bridgehead atoms. The lowest BCUT2D eigenvalue weighted by atomic mass is 10.1. The SMILES string of the molecule is O=C1CSc2ccc3c(c21)OCCC=C3. The summed E-state index contributed by atoms with van der Waals surface area (Å²) in [6.07, 6.45) is 5.04. The molecule has 0 unspecified atom stereocenters. The molecule has 0 aromatic heterocycles. The zero-order chi connectivity index (χ0) is 10.3. The van der Waals surface area contributed by atoms with Crippen molar-refractivity contribution in [3.63, 3.8) is 0 Å². The quantitative estimate of drug-likeness (QED) is 0.669. The smallest absolute Gasteiger partial charge is 0.177 e. The molecule has 0 radical (unpaired) electrons. The second kappa shape index (κ2) is 3.42. The molecule has 0 atom stereocenters. The Hall–Kier alpha value is -1.22. The normalized spacial score (nSPS) is 18.0. The fraction of sp³-hybridized carbons (Fsp3) is 0.250. The van der Waals surface area contributed by atoms with Gasteiger partial charge in [-0.15, -0.1) is 11.8 Å². The van der Waals surface area contributed by atoms with E-state index in [1.807, 2.05) is 18.2 Å². The molecule has 2 aliphatic heterocycles. The number of ether oxygens (including phenoxy) is 1. The van der Waals surface area contributed by atoms with Crippen molar-refractivity contribution in [1.82, 2.24) is 0 Å². The van der Waals surface area contributed by atoms with Crippen molar-refractivity contribution in [2.45, 2.75) is 11.3 Å². The highest BCUT2D eigenvalue weighted by Gasteiger charge is 2.26. The van der Waals surface area contributed by atoms with Crippen molar-refractivity contribution in [1.29, 1.82) is 0 Å². The highest BCUT2D eigenvalue weighted by Crippen LogP contribution is 2.40. The topological polar surface area (TPSA) is 26.3 Å². The molecular formula is C12H10O2S. The van der Waals surface area contributed by atoms with Crippen LogP contribution in [0.15, 0.2) is 23.1 Å². The summed E-state index contributed by atoms with van der Waals surface area (Å²) in [4.78, 5) is 12.8. The predicted molar refractivity (Wildman–Crippen MR) is 60.6 cm³/mol. The molecule has 0 saturated carbocycles. The molecule has 2 heterocycles. The Morgan fingerprint density at radius 2 is 2.27 bits per heavy atom. The third-order valence-corrected chi connectivity index (χ3v) is 3.67. The summed E-state index contributed by atoms with van der Waals surface area (Å²) in [5.41, 5.74) is 1.83. The Kier molecular flexibility index (Phi) is 2.06. The molecule has 3 rings (SSSR count). The molecule has 0 spiro atoms. The van der Waals surface area contributed by atoms with Crippen LogP contribution in [0.2, 0.25) is 0 Å². The van der Waals surface area contributed by atoms with Crippen molar-refractivity contribution in [2.75, 3.05) is 12.4 Å². The highest BCUT2D eigenvalue weighted by atomic mass is 32.2. The first-order valence-electron chi connectivity index (χ1n) is 4.98. The summed E-state index contributed by atoms with van der Waals surface area (Å²) in [6.45, 7) is 0.665. The molecule has 0 aliphatic carbocycles. The van der Waals surface area contributed by atoms with E-state index >= 15 is 0 Å².